The molecular weight excluding hydrogens is 404 g/mol. The van der Waals surface area contributed by atoms with E-state index >= 15 is 0 Å². The second-order valence-electron chi connectivity index (χ2n) is 6.57. The fraction of sp³-hybridized carbons (Fsp3) is 0.0870. The first kappa shape index (κ1) is 19.7. The highest BCUT2D eigenvalue weighted by atomic mass is 35.5. The number of para-hydroxylation sites is 1. The third-order valence-corrected chi connectivity index (χ3v) is 4.72. The van der Waals surface area contributed by atoms with Gasteiger partial charge >= 0.3 is 5.97 Å². The van der Waals surface area contributed by atoms with Gasteiger partial charge in [-0.1, -0.05) is 41.0 Å². The number of halogens is 1. The first-order valence-corrected chi connectivity index (χ1v) is 9.64. The molecule has 0 aliphatic carbocycles. The average Bonchev–Trinajstić information content (AvgIpc) is 3.23. The third kappa shape index (κ3) is 4.67. The van der Waals surface area contributed by atoms with E-state index in [1.165, 1.54) is 0 Å². The van der Waals surface area contributed by atoms with Gasteiger partial charge in [-0.05, 0) is 60.5 Å². The molecular formula is C23H17ClN2O4. The maximum absolute atomic E-state index is 10.7. The Kier molecular flexibility index (Phi) is 5.77. The number of carboxylic acids is 1. The Morgan fingerprint density at radius 1 is 1.00 bits per heavy atom. The minimum Gasteiger partial charge on any atom is -0.481 e. The van der Waals surface area contributed by atoms with Crippen molar-refractivity contribution in [2.45, 2.75) is 12.8 Å². The van der Waals surface area contributed by atoms with Gasteiger partial charge in [-0.15, -0.1) is 0 Å². The van der Waals surface area contributed by atoms with Crippen molar-refractivity contribution in [1.29, 1.82) is 0 Å². The van der Waals surface area contributed by atoms with Gasteiger partial charge in [-0.3, -0.25) is 4.79 Å². The fourth-order valence-electron chi connectivity index (χ4n) is 2.89. The van der Waals surface area contributed by atoms with Crippen LogP contribution in [0, 0.1) is 0 Å². The second-order valence-corrected chi connectivity index (χ2v) is 6.98. The first-order valence-electron chi connectivity index (χ1n) is 9.26. The highest BCUT2D eigenvalue weighted by Gasteiger charge is 2.14. The van der Waals surface area contributed by atoms with Crippen molar-refractivity contribution in [2.75, 3.05) is 0 Å². The number of aliphatic carboxylic acids is 1. The summed E-state index contributed by atoms with van der Waals surface area (Å²) < 4.78 is 11.2. The van der Waals surface area contributed by atoms with E-state index in [0.717, 1.165) is 16.9 Å². The van der Waals surface area contributed by atoms with Crippen LogP contribution in [0.5, 0.6) is 11.5 Å². The number of hydrogen-bond acceptors (Lipinski definition) is 5. The lowest BCUT2D eigenvalue weighted by molar-refractivity contribution is -0.136. The molecule has 3 aromatic carbocycles. The van der Waals surface area contributed by atoms with Crippen molar-refractivity contribution < 1.29 is 19.2 Å². The molecule has 4 aromatic rings. The molecule has 0 radical (unpaired) electrons. The number of aryl methyl sites for hydroxylation is 1. The second kappa shape index (κ2) is 8.80. The van der Waals surface area contributed by atoms with Gasteiger partial charge in [0.25, 0.3) is 5.89 Å². The van der Waals surface area contributed by atoms with Crippen molar-refractivity contribution >= 4 is 17.6 Å². The maximum atomic E-state index is 10.7. The topological polar surface area (TPSA) is 85.5 Å². The van der Waals surface area contributed by atoms with Gasteiger partial charge in [0.2, 0.25) is 5.82 Å². The van der Waals surface area contributed by atoms with Crippen LogP contribution in [0.1, 0.15) is 12.0 Å². The van der Waals surface area contributed by atoms with E-state index in [2.05, 4.69) is 10.1 Å². The smallest absolute Gasteiger partial charge is 0.303 e. The van der Waals surface area contributed by atoms with Crippen LogP contribution in [-0.2, 0) is 11.2 Å². The lowest BCUT2D eigenvalue weighted by atomic mass is 10.1. The Morgan fingerprint density at radius 3 is 2.43 bits per heavy atom. The molecule has 0 unspecified atom stereocenters. The lowest BCUT2D eigenvalue weighted by Gasteiger charge is -2.05. The zero-order chi connectivity index (χ0) is 20.9. The molecule has 0 atom stereocenters. The summed E-state index contributed by atoms with van der Waals surface area (Å²) in [5.41, 5.74) is 2.21. The highest BCUT2D eigenvalue weighted by molar-refractivity contribution is 6.33. The van der Waals surface area contributed by atoms with Gasteiger partial charge in [0.15, 0.2) is 0 Å². The van der Waals surface area contributed by atoms with E-state index in [0.29, 0.717) is 34.5 Å². The minimum atomic E-state index is -0.849. The van der Waals surface area contributed by atoms with E-state index in [1.807, 2.05) is 60.7 Å². The summed E-state index contributed by atoms with van der Waals surface area (Å²) in [6.07, 6.45) is 0.455. The molecule has 4 rings (SSSR count). The monoisotopic (exact) mass is 420 g/mol. The zero-order valence-corrected chi connectivity index (χ0v) is 16.5. The SMILES string of the molecule is O=C(O)CCc1ccc(-c2noc(-c3ccc(Oc4ccccc4)cc3)n2)c(Cl)c1. The standard InChI is InChI=1S/C23H17ClN2O4/c24-20-14-15(7-13-21(27)28)6-12-19(20)22-25-23(30-26-22)16-8-10-18(11-9-16)29-17-4-2-1-3-5-17/h1-6,8-12,14H,7,13H2,(H,27,28). The molecule has 0 fully saturated rings. The van der Waals surface area contributed by atoms with Crippen LogP contribution < -0.4 is 4.74 Å². The van der Waals surface area contributed by atoms with Crippen LogP contribution >= 0.6 is 11.6 Å². The summed E-state index contributed by atoms with van der Waals surface area (Å²) in [5.74, 6) is 1.33. The molecule has 7 heteroatoms. The number of rotatable bonds is 7. The predicted molar refractivity (Wildman–Crippen MR) is 113 cm³/mol. The molecule has 1 aromatic heterocycles. The average molecular weight is 421 g/mol. The van der Waals surface area contributed by atoms with Crippen molar-refractivity contribution in [3.8, 4) is 34.3 Å². The van der Waals surface area contributed by atoms with Gasteiger partial charge in [0.05, 0.1) is 5.02 Å². The predicted octanol–water partition coefficient (Wildman–Crippen LogP) is 5.87. The van der Waals surface area contributed by atoms with Gasteiger partial charge in [-0.2, -0.15) is 4.98 Å². The van der Waals surface area contributed by atoms with Gasteiger partial charge < -0.3 is 14.4 Å². The minimum absolute atomic E-state index is 0.0476. The van der Waals surface area contributed by atoms with Crippen LogP contribution in [0.25, 0.3) is 22.8 Å². The number of carboxylic acid groups (broad SMARTS) is 1. The van der Waals surface area contributed by atoms with E-state index in [1.54, 1.807) is 12.1 Å². The number of hydrogen-bond donors (Lipinski definition) is 1. The molecule has 0 bridgehead atoms. The molecule has 0 aliphatic heterocycles. The summed E-state index contributed by atoms with van der Waals surface area (Å²) in [7, 11) is 0. The fourth-order valence-corrected chi connectivity index (χ4v) is 3.17. The van der Waals surface area contributed by atoms with Crippen LogP contribution in [-0.4, -0.2) is 21.2 Å². The summed E-state index contributed by atoms with van der Waals surface area (Å²) in [6.45, 7) is 0. The van der Waals surface area contributed by atoms with Crippen LogP contribution in [0.2, 0.25) is 5.02 Å². The molecule has 30 heavy (non-hydrogen) atoms. The Balaban J connectivity index is 1.49. The summed E-state index contributed by atoms with van der Waals surface area (Å²) in [4.78, 5) is 15.2. The number of carbonyl (C=O) groups is 1. The molecule has 0 saturated heterocycles. The molecule has 0 aliphatic rings. The molecule has 1 N–H and O–H groups in total. The molecule has 6 nitrogen and oxygen atoms in total. The van der Waals surface area contributed by atoms with E-state index in [9.17, 15) is 4.79 Å². The summed E-state index contributed by atoms with van der Waals surface area (Å²) >= 11 is 6.35. The maximum Gasteiger partial charge on any atom is 0.303 e. The number of aromatic nitrogens is 2. The van der Waals surface area contributed by atoms with Gasteiger partial charge in [0, 0.05) is 17.5 Å². The molecule has 1 heterocycles. The summed E-state index contributed by atoms with van der Waals surface area (Å²) in [6, 6.07) is 22.2. The Labute approximate surface area is 177 Å². The van der Waals surface area contributed by atoms with Crippen LogP contribution in [0.15, 0.2) is 77.3 Å². The van der Waals surface area contributed by atoms with E-state index in [4.69, 9.17) is 26.0 Å². The van der Waals surface area contributed by atoms with Crippen LogP contribution in [0.3, 0.4) is 0 Å². The number of ether oxygens (including phenoxy) is 1. The van der Waals surface area contributed by atoms with E-state index < -0.39 is 5.97 Å². The van der Waals surface area contributed by atoms with Gasteiger partial charge in [0.1, 0.15) is 11.5 Å². The summed E-state index contributed by atoms with van der Waals surface area (Å²) in [5, 5.41) is 13.3. The van der Waals surface area contributed by atoms with Crippen molar-refractivity contribution in [3.63, 3.8) is 0 Å². The normalized spacial score (nSPS) is 10.7. The van der Waals surface area contributed by atoms with Crippen molar-refractivity contribution in [1.82, 2.24) is 10.1 Å². The largest absolute Gasteiger partial charge is 0.481 e. The van der Waals surface area contributed by atoms with Gasteiger partial charge in [-0.25, -0.2) is 0 Å². The Bertz CT molecular complexity index is 1160. The highest BCUT2D eigenvalue weighted by Crippen LogP contribution is 2.30. The Hall–Kier alpha value is -3.64. The Morgan fingerprint density at radius 2 is 1.73 bits per heavy atom. The molecule has 0 amide bonds. The third-order valence-electron chi connectivity index (χ3n) is 4.41. The van der Waals surface area contributed by atoms with E-state index in [-0.39, 0.29) is 6.42 Å². The number of benzene rings is 3. The molecule has 150 valence electrons. The quantitative estimate of drug-likeness (QED) is 0.402. The zero-order valence-electron chi connectivity index (χ0n) is 15.8. The lowest BCUT2D eigenvalue weighted by Crippen LogP contribution is -1.97. The molecule has 0 spiro atoms. The van der Waals surface area contributed by atoms with Crippen LogP contribution in [0.4, 0.5) is 0 Å². The number of nitrogens with zero attached hydrogens (tertiary/aromatic N) is 2. The van der Waals surface area contributed by atoms with Crippen molar-refractivity contribution in [3.05, 3.63) is 83.4 Å². The molecule has 0 saturated carbocycles. The first-order chi connectivity index (χ1) is 14.6. The van der Waals surface area contributed by atoms with Crippen molar-refractivity contribution in [2.24, 2.45) is 0 Å².